The van der Waals surface area contributed by atoms with Crippen LogP contribution in [-0.4, -0.2) is 25.0 Å². The molecule has 2 N–H and O–H groups in total. The zero-order valence-corrected chi connectivity index (χ0v) is 18.1. The van der Waals surface area contributed by atoms with E-state index in [1.54, 1.807) is 42.5 Å². The lowest BCUT2D eigenvalue weighted by Crippen LogP contribution is -2.41. The van der Waals surface area contributed by atoms with E-state index in [1.165, 1.54) is 29.2 Å². The minimum atomic E-state index is -0.416. The number of carbonyl (C=O) groups excluding carboxylic acids is 2. The first-order valence-electron chi connectivity index (χ1n) is 9.06. The number of rotatable bonds is 6. The second-order valence-electron chi connectivity index (χ2n) is 6.33. The summed E-state index contributed by atoms with van der Waals surface area (Å²) in [6.45, 7) is 0.390. The van der Waals surface area contributed by atoms with Crippen molar-refractivity contribution in [2.45, 2.75) is 0 Å². The Morgan fingerprint density at radius 2 is 1.70 bits per heavy atom. The van der Waals surface area contributed by atoms with Crippen molar-refractivity contribution in [1.29, 1.82) is 0 Å². The van der Waals surface area contributed by atoms with Crippen molar-refractivity contribution in [1.82, 2.24) is 5.32 Å². The van der Waals surface area contributed by atoms with E-state index in [9.17, 15) is 14.0 Å². The molecular formula is C22H18BrClFN3O2. The lowest BCUT2D eigenvalue weighted by molar-refractivity contribution is 0.0954. The fourth-order valence-corrected chi connectivity index (χ4v) is 3.23. The molecule has 0 spiro atoms. The fraction of sp³-hybridized carbons (Fsp3) is 0.0909. The topological polar surface area (TPSA) is 61.4 Å². The standard InChI is InChI=1S/C22H18BrClFN3O2/c23-16-3-1-2-15(14-16)21(29)26-12-13-28(20-10-6-18(25)7-11-20)22(30)27-19-8-4-17(24)5-9-19/h1-11,14H,12-13H2,(H,26,29)(H,27,30). The summed E-state index contributed by atoms with van der Waals surface area (Å²) >= 11 is 9.21. The Kier molecular flexibility index (Phi) is 7.43. The predicted octanol–water partition coefficient (Wildman–Crippen LogP) is 5.71. The Hall–Kier alpha value is -2.90. The molecule has 8 heteroatoms. The molecule has 154 valence electrons. The zero-order valence-electron chi connectivity index (χ0n) is 15.7. The first kappa shape index (κ1) is 21.8. The van der Waals surface area contributed by atoms with Gasteiger partial charge in [-0.15, -0.1) is 0 Å². The molecule has 0 fully saturated rings. The first-order chi connectivity index (χ1) is 14.4. The molecule has 0 aliphatic heterocycles. The molecule has 0 radical (unpaired) electrons. The van der Waals surface area contributed by atoms with E-state index < -0.39 is 11.8 Å². The largest absolute Gasteiger partial charge is 0.350 e. The van der Waals surface area contributed by atoms with Gasteiger partial charge in [-0.25, -0.2) is 9.18 Å². The Bertz CT molecular complexity index is 1030. The van der Waals surface area contributed by atoms with Crippen LogP contribution in [0.15, 0.2) is 77.3 Å². The van der Waals surface area contributed by atoms with Crippen LogP contribution in [0.3, 0.4) is 0 Å². The molecule has 30 heavy (non-hydrogen) atoms. The van der Waals surface area contributed by atoms with E-state index in [0.717, 1.165) is 4.47 Å². The molecule has 0 atom stereocenters. The number of hydrogen-bond donors (Lipinski definition) is 2. The number of nitrogens with one attached hydrogen (secondary N) is 2. The number of benzene rings is 3. The van der Waals surface area contributed by atoms with Crippen LogP contribution in [0.25, 0.3) is 0 Å². The van der Waals surface area contributed by atoms with Gasteiger partial charge in [-0.2, -0.15) is 0 Å². The molecule has 0 saturated heterocycles. The molecular weight excluding hydrogens is 473 g/mol. The van der Waals surface area contributed by atoms with Crippen LogP contribution in [0.2, 0.25) is 5.02 Å². The summed E-state index contributed by atoms with van der Waals surface area (Å²) in [6, 6.07) is 18.8. The molecule has 0 aromatic heterocycles. The highest BCUT2D eigenvalue weighted by Gasteiger charge is 2.17. The van der Waals surface area contributed by atoms with Gasteiger partial charge in [-0.3, -0.25) is 9.69 Å². The lowest BCUT2D eigenvalue weighted by atomic mass is 10.2. The van der Waals surface area contributed by atoms with Crippen LogP contribution in [0.1, 0.15) is 10.4 Å². The Balaban J connectivity index is 1.69. The summed E-state index contributed by atoms with van der Waals surface area (Å²) in [6.07, 6.45) is 0. The number of nitrogens with zero attached hydrogens (tertiary/aromatic N) is 1. The summed E-state index contributed by atoms with van der Waals surface area (Å²) in [5.41, 5.74) is 1.57. The molecule has 5 nitrogen and oxygen atoms in total. The second kappa shape index (κ2) is 10.2. The molecule has 0 aliphatic rings. The van der Waals surface area contributed by atoms with Gasteiger partial charge in [-0.1, -0.05) is 33.6 Å². The van der Waals surface area contributed by atoms with E-state index in [1.807, 2.05) is 6.07 Å². The maximum absolute atomic E-state index is 13.3. The minimum Gasteiger partial charge on any atom is -0.350 e. The second-order valence-corrected chi connectivity index (χ2v) is 7.68. The van der Waals surface area contributed by atoms with Crippen LogP contribution < -0.4 is 15.5 Å². The molecule has 0 bridgehead atoms. The van der Waals surface area contributed by atoms with Gasteiger partial charge < -0.3 is 10.6 Å². The van der Waals surface area contributed by atoms with Crippen molar-refractivity contribution >= 4 is 50.8 Å². The maximum atomic E-state index is 13.3. The highest BCUT2D eigenvalue weighted by molar-refractivity contribution is 9.10. The number of hydrogen-bond acceptors (Lipinski definition) is 2. The van der Waals surface area contributed by atoms with Gasteiger partial charge in [0.2, 0.25) is 0 Å². The number of amides is 3. The smallest absolute Gasteiger partial charge is 0.326 e. The highest BCUT2D eigenvalue weighted by atomic mass is 79.9. The van der Waals surface area contributed by atoms with Crippen LogP contribution in [0.4, 0.5) is 20.6 Å². The molecule has 3 aromatic carbocycles. The van der Waals surface area contributed by atoms with E-state index >= 15 is 0 Å². The van der Waals surface area contributed by atoms with Crippen molar-refractivity contribution in [3.63, 3.8) is 0 Å². The third kappa shape index (κ3) is 6.05. The van der Waals surface area contributed by atoms with Gasteiger partial charge in [0.05, 0.1) is 0 Å². The quantitative estimate of drug-likeness (QED) is 0.465. The monoisotopic (exact) mass is 489 g/mol. The third-order valence-corrected chi connectivity index (χ3v) is 4.93. The predicted molar refractivity (Wildman–Crippen MR) is 121 cm³/mol. The van der Waals surface area contributed by atoms with Crippen LogP contribution in [-0.2, 0) is 0 Å². The van der Waals surface area contributed by atoms with Crippen LogP contribution in [0.5, 0.6) is 0 Å². The van der Waals surface area contributed by atoms with Gasteiger partial charge in [0, 0.05) is 39.5 Å². The lowest BCUT2D eigenvalue weighted by Gasteiger charge is -2.23. The van der Waals surface area contributed by atoms with E-state index in [-0.39, 0.29) is 19.0 Å². The number of urea groups is 1. The molecule has 0 saturated carbocycles. The normalized spacial score (nSPS) is 10.4. The molecule has 3 amide bonds. The van der Waals surface area contributed by atoms with Gasteiger partial charge in [0.1, 0.15) is 5.82 Å². The third-order valence-electron chi connectivity index (χ3n) is 4.19. The van der Waals surface area contributed by atoms with Gasteiger partial charge in [0.15, 0.2) is 0 Å². The van der Waals surface area contributed by atoms with Crippen molar-refractivity contribution in [2.75, 3.05) is 23.3 Å². The Labute approximate surface area is 187 Å². The first-order valence-corrected chi connectivity index (χ1v) is 10.2. The maximum Gasteiger partial charge on any atom is 0.326 e. The summed E-state index contributed by atoms with van der Waals surface area (Å²) < 4.78 is 14.1. The van der Waals surface area contributed by atoms with Gasteiger partial charge in [0.25, 0.3) is 5.91 Å². The van der Waals surface area contributed by atoms with E-state index in [0.29, 0.717) is 22.0 Å². The van der Waals surface area contributed by atoms with E-state index in [4.69, 9.17) is 11.6 Å². The highest BCUT2D eigenvalue weighted by Crippen LogP contribution is 2.18. The number of anilines is 2. The number of carbonyl (C=O) groups is 2. The number of halogens is 3. The van der Waals surface area contributed by atoms with Gasteiger partial charge >= 0.3 is 6.03 Å². The van der Waals surface area contributed by atoms with Crippen LogP contribution >= 0.6 is 27.5 Å². The Morgan fingerprint density at radius 1 is 1.00 bits per heavy atom. The average molecular weight is 491 g/mol. The summed E-state index contributed by atoms with van der Waals surface area (Å²) in [5, 5.41) is 6.12. The fourth-order valence-electron chi connectivity index (χ4n) is 2.71. The molecule has 0 heterocycles. The molecule has 0 aliphatic carbocycles. The Morgan fingerprint density at radius 3 is 2.37 bits per heavy atom. The average Bonchev–Trinajstić information content (AvgIpc) is 2.73. The van der Waals surface area contributed by atoms with Gasteiger partial charge in [-0.05, 0) is 66.7 Å². The van der Waals surface area contributed by atoms with Crippen molar-refractivity contribution in [2.24, 2.45) is 0 Å². The summed E-state index contributed by atoms with van der Waals surface area (Å²) in [5.74, 6) is -0.659. The van der Waals surface area contributed by atoms with E-state index in [2.05, 4.69) is 26.6 Å². The SMILES string of the molecule is O=C(NCCN(C(=O)Nc1ccc(Cl)cc1)c1ccc(F)cc1)c1cccc(Br)c1. The molecule has 3 aromatic rings. The van der Waals surface area contributed by atoms with Crippen molar-refractivity contribution < 1.29 is 14.0 Å². The van der Waals surface area contributed by atoms with Crippen molar-refractivity contribution in [3.05, 3.63) is 93.7 Å². The zero-order chi connectivity index (χ0) is 21.5. The summed E-state index contributed by atoms with van der Waals surface area (Å²) in [7, 11) is 0. The summed E-state index contributed by atoms with van der Waals surface area (Å²) in [4.78, 5) is 26.6. The van der Waals surface area contributed by atoms with Crippen molar-refractivity contribution in [3.8, 4) is 0 Å². The minimum absolute atomic E-state index is 0.185. The van der Waals surface area contributed by atoms with Crippen LogP contribution in [0, 0.1) is 5.82 Å². The molecule has 0 unspecified atom stereocenters. The molecule has 3 rings (SSSR count).